The summed E-state index contributed by atoms with van der Waals surface area (Å²) in [4.78, 5) is 0.417. The van der Waals surface area contributed by atoms with Gasteiger partial charge in [0.2, 0.25) is 0 Å². The fraction of sp³-hybridized carbons (Fsp3) is 0.182. The standard InChI is InChI=1S/C22H20O2S/c23-25(24,19-14-8-3-9-15-19)16-20-21(17-10-4-1-5-11-17)22(20)18-12-6-2-7-13-18/h1-15,20-22H,16H2. The van der Waals surface area contributed by atoms with Crippen LogP contribution in [0.5, 0.6) is 0 Å². The molecule has 2 unspecified atom stereocenters. The quantitative estimate of drug-likeness (QED) is 0.672. The van der Waals surface area contributed by atoms with Crippen LogP contribution in [0.3, 0.4) is 0 Å². The van der Waals surface area contributed by atoms with Gasteiger partial charge in [0.05, 0.1) is 10.6 Å². The summed E-state index contributed by atoms with van der Waals surface area (Å²) in [6.45, 7) is 0. The van der Waals surface area contributed by atoms with Crippen LogP contribution in [-0.4, -0.2) is 14.2 Å². The van der Waals surface area contributed by atoms with E-state index in [1.54, 1.807) is 24.3 Å². The molecule has 0 radical (unpaired) electrons. The summed E-state index contributed by atoms with van der Waals surface area (Å²) in [5, 5.41) is 0. The first kappa shape index (κ1) is 16.1. The van der Waals surface area contributed by atoms with Gasteiger partial charge >= 0.3 is 0 Å². The van der Waals surface area contributed by atoms with E-state index in [1.165, 1.54) is 11.1 Å². The minimum atomic E-state index is -3.28. The number of benzene rings is 3. The number of sulfone groups is 1. The maximum Gasteiger partial charge on any atom is 0.178 e. The van der Waals surface area contributed by atoms with Crippen LogP contribution in [0, 0.1) is 5.92 Å². The van der Waals surface area contributed by atoms with Crippen LogP contribution in [0.1, 0.15) is 23.0 Å². The van der Waals surface area contributed by atoms with Crippen LogP contribution in [0.2, 0.25) is 0 Å². The molecule has 2 atom stereocenters. The van der Waals surface area contributed by atoms with Crippen LogP contribution in [-0.2, 0) is 9.84 Å². The minimum absolute atomic E-state index is 0.120. The lowest BCUT2D eigenvalue weighted by atomic mass is 10.0. The van der Waals surface area contributed by atoms with E-state index in [-0.39, 0.29) is 23.5 Å². The smallest absolute Gasteiger partial charge is 0.178 e. The Balaban J connectivity index is 1.65. The van der Waals surface area contributed by atoms with E-state index in [4.69, 9.17) is 0 Å². The topological polar surface area (TPSA) is 34.1 Å². The van der Waals surface area contributed by atoms with Gasteiger partial charge in [-0.05, 0) is 41.0 Å². The molecule has 0 saturated heterocycles. The molecule has 1 saturated carbocycles. The van der Waals surface area contributed by atoms with Crippen molar-refractivity contribution in [2.24, 2.45) is 5.92 Å². The van der Waals surface area contributed by atoms with Gasteiger partial charge in [-0.1, -0.05) is 78.9 Å². The summed E-state index contributed by atoms with van der Waals surface area (Å²) in [5.41, 5.74) is 2.45. The summed E-state index contributed by atoms with van der Waals surface area (Å²) in [6.07, 6.45) is 0. The molecular formula is C22H20O2S. The third kappa shape index (κ3) is 3.24. The normalized spacial score (nSPS) is 22.5. The Morgan fingerprint density at radius 3 is 1.44 bits per heavy atom. The first-order valence-electron chi connectivity index (χ1n) is 8.54. The lowest BCUT2D eigenvalue weighted by Crippen LogP contribution is -2.09. The van der Waals surface area contributed by atoms with Gasteiger partial charge in [-0.15, -0.1) is 0 Å². The molecule has 0 spiro atoms. The summed E-state index contributed by atoms with van der Waals surface area (Å²) >= 11 is 0. The molecular weight excluding hydrogens is 328 g/mol. The van der Waals surface area contributed by atoms with Gasteiger partial charge < -0.3 is 0 Å². The summed E-state index contributed by atoms with van der Waals surface area (Å²) < 4.78 is 25.7. The van der Waals surface area contributed by atoms with E-state index in [0.29, 0.717) is 4.90 Å². The summed E-state index contributed by atoms with van der Waals surface area (Å²) in [5.74, 6) is 0.843. The lowest BCUT2D eigenvalue weighted by Gasteiger charge is -2.04. The van der Waals surface area contributed by atoms with Gasteiger partial charge in [-0.2, -0.15) is 0 Å². The molecule has 2 nitrogen and oxygen atoms in total. The zero-order valence-corrected chi connectivity index (χ0v) is 14.6. The molecule has 0 amide bonds. The molecule has 0 aromatic heterocycles. The van der Waals surface area contributed by atoms with Crippen molar-refractivity contribution in [2.45, 2.75) is 16.7 Å². The molecule has 0 aliphatic heterocycles. The first-order chi connectivity index (χ1) is 12.2. The highest BCUT2D eigenvalue weighted by Crippen LogP contribution is 2.61. The summed E-state index contributed by atoms with van der Waals surface area (Å²) in [7, 11) is -3.28. The highest BCUT2D eigenvalue weighted by molar-refractivity contribution is 7.91. The van der Waals surface area contributed by atoms with Gasteiger partial charge in [0.25, 0.3) is 0 Å². The van der Waals surface area contributed by atoms with Gasteiger partial charge in [-0.3, -0.25) is 0 Å². The molecule has 3 aromatic carbocycles. The second-order valence-electron chi connectivity index (χ2n) is 6.63. The van der Waals surface area contributed by atoms with E-state index >= 15 is 0 Å². The van der Waals surface area contributed by atoms with Crippen molar-refractivity contribution in [1.82, 2.24) is 0 Å². The third-order valence-corrected chi connectivity index (χ3v) is 6.87. The van der Waals surface area contributed by atoms with Crippen LogP contribution < -0.4 is 0 Å². The third-order valence-electron chi connectivity index (χ3n) is 5.05. The molecule has 25 heavy (non-hydrogen) atoms. The van der Waals surface area contributed by atoms with Crippen molar-refractivity contribution in [3.63, 3.8) is 0 Å². The largest absolute Gasteiger partial charge is 0.224 e. The molecule has 3 heteroatoms. The highest BCUT2D eigenvalue weighted by Gasteiger charge is 2.53. The second-order valence-corrected chi connectivity index (χ2v) is 8.67. The van der Waals surface area contributed by atoms with Crippen LogP contribution >= 0.6 is 0 Å². The Morgan fingerprint density at radius 2 is 1.00 bits per heavy atom. The summed E-state index contributed by atoms with van der Waals surface area (Å²) in [6, 6.07) is 29.3. The van der Waals surface area contributed by atoms with E-state index in [0.717, 1.165) is 0 Å². The Labute approximate surface area is 149 Å². The monoisotopic (exact) mass is 348 g/mol. The maximum absolute atomic E-state index is 12.8. The molecule has 1 aliphatic rings. The van der Waals surface area contributed by atoms with Crippen molar-refractivity contribution in [2.75, 3.05) is 5.75 Å². The minimum Gasteiger partial charge on any atom is -0.224 e. The Hall–Kier alpha value is -2.39. The van der Waals surface area contributed by atoms with E-state index in [1.807, 2.05) is 42.5 Å². The molecule has 0 heterocycles. The number of hydrogen-bond acceptors (Lipinski definition) is 2. The highest BCUT2D eigenvalue weighted by atomic mass is 32.2. The lowest BCUT2D eigenvalue weighted by molar-refractivity contribution is 0.591. The zero-order valence-electron chi connectivity index (χ0n) is 13.8. The SMILES string of the molecule is O=S(=O)(CC1C(c2ccccc2)C1c1ccccc1)c1ccccc1. The van der Waals surface area contributed by atoms with Crippen molar-refractivity contribution in [3.8, 4) is 0 Å². The molecule has 0 bridgehead atoms. The van der Waals surface area contributed by atoms with Gasteiger partial charge in [-0.25, -0.2) is 8.42 Å². The number of rotatable bonds is 5. The Bertz CT molecular complexity index is 890. The first-order valence-corrected chi connectivity index (χ1v) is 10.2. The Morgan fingerprint density at radius 1 is 0.600 bits per heavy atom. The molecule has 126 valence electrons. The molecule has 0 N–H and O–H groups in total. The average molecular weight is 348 g/mol. The van der Waals surface area contributed by atoms with Gasteiger partial charge in [0, 0.05) is 0 Å². The fourth-order valence-electron chi connectivity index (χ4n) is 3.82. The van der Waals surface area contributed by atoms with Gasteiger partial charge in [0.1, 0.15) is 0 Å². The fourth-order valence-corrected chi connectivity index (χ4v) is 5.50. The van der Waals surface area contributed by atoms with Crippen LogP contribution in [0.25, 0.3) is 0 Å². The average Bonchev–Trinajstić information content (AvgIpc) is 3.37. The predicted octanol–water partition coefficient (Wildman–Crippen LogP) is 4.66. The maximum atomic E-state index is 12.8. The van der Waals surface area contributed by atoms with Crippen molar-refractivity contribution in [3.05, 3.63) is 102 Å². The number of hydrogen-bond donors (Lipinski definition) is 0. The van der Waals surface area contributed by atoms with Crippen LogP contribution in [0.15, 0.2) is 95.9 Å². The van der Waals surface area contributed by atoms with Crippen molar-refractivity contribution >= 4 is 9.84 Å². The Kier molecular flexibility index (Phi) is 4.18. The van der Waals surface area contributed by atoms with E-state index < -0.39 is 9.84 Å². The zero-order chi connectivity index (χ0) is 17.3. The molecule has 3 aromatic rings. The van der Waals surface area contributed by atoms with Crippen LogP contribution in [0.4, 0.5) is 0 Å². The second kappa shape index (κ2) is 6.49. The van der Waals surface area contributed by atoms with E-state index in [2.05, 4.69) is 24.3 Å². The van der Waals surface area contributed by atoms with E-state index in [9.17, 15) is 8.42 Å². The molecule has 4 rings (SSSR count). The predicted molar refractivity (Wildman–Crippen MR) is 100 cm³/mol. The van der Waals surface area contributed by atoms with Crippen molar-refractivity contribution in [1.29, 1.82) is 0 Å². The molecule has 1 fully saturated rings. The van der Waals surface area contributed by atoms with Crippen molar-refractivity contribution < 1.29 is 8.42 Å². The molecule has 1 aliphatic carbocycles. The van der Waals surface area contributed by atoms with Gasteiger partial charge in [0.15, 0.2) is 9.84 Å².